The van der Waals surface area contributed by atoms with Gasteiger partial charge in [-0.1, -0.05) is 18.9 Å². The lowest BCUT2D eigenvalue weighted by molar-refractivity contribution is 0.536. The Morgan fingerprint density at radius 1 is 1.19 bits per heavy atom. The van der Waals surface area contributed by atoms with Crippen molar-refractivity contribution >= 4 is 28.6 Å². The predicted molar refractivity (Wildman–Crippen MR) is 104 cm³/mol. The number of anilines is 1. The van der Waals surface area contributed by atoms with Crippen molar-refractivity contribution in [2.75, 3.05) is 18.0 Å². The van der Waals surface area contributed by atoms with Crippen LogP contribution in [0.25, 0.3) is 22.7 Å². The second-order valence-electron chi connectivity index (χ2n) is 6.85. The number of H-pyrrole nitrogens is 1. The van der Waals surface area contributed by atoms with Gasteiger partial charge in [-0.3, -0.25) is 0 Å². The summed E-state index contributed by atoms with van der Waals surface area (Å²) >= 11 is 0. The topological polar surface area (TPSA) is 68.8 Å². The second-order valence-corrected chi connectivity index (χ2v) is 6.85. The number of rotatable bonds is 3. The number of hydrogen-bond donors (Lipinski definition) is 1. The highest BCUT2D eigenvalue weighted by Gasteiger charge is 2.14. The van der Waals surface area contributed by atoms with Gasteiger partial charge in [-0.2, -0.15) is 5.26 Å². The molecule has 5 heteroatoms. The molecule has 5 nitrogen and oxygen atoms in total. The zero-order valence-electron chi connectivity index (χ0n) is 15.0. The third-order valence-electron chi connectivity index (χ3n) is 4.83. The second kappa shape index (κ2) is 7.09. The van der Waals surface area contributed by atoms with Crippen LogP contribution in [-0.4, -0.2) is 23.1 Å². The molecule has 0 saturated carbocycles. The first kappa shape index (κ1) is 16.5. The molecule has 1 saturated heterocycles. The number of fused-ring (bicyclic) bond motifs is 1. The van der Waals surface area contributed by atoms with Crippen molar-refractivity contribution in [3.05, 3.63) is 47.5 Å². The number of aromatic amines is 1. The maximum Gasteiger partial charge on any atom is 0.196 e. The Morgan fingerprint density at radius 3 is 2.77 bits per heavy atom. The minimum atomic E-state index is 0.468. The van der Waals surface area contributed by atoms with E-state index in [9.17, 15) is 5.26 Å². The zero-order valence-corrected chi connectivity index (χ0v) is 15.0. The van der Waals surface area contributed by atoms with Crippen molar-refractivity contribution in [1.82, 2.24) is 9.97 Å². The van der Waals surface area contributed by atoms with Crippen LogP contribution in [0.5, 0.6) is 0 Å². The molecule has 0 atom stereocenters. The van der Waals surface area contributed by atoms with Gasteiger partial charge in [0.2, 0.25) is 0 Å². The predicted octanol–water partition coefficient (Wildman–Crippen LogP) is 4.91. The van der Waals surface area contributed by atoms with Gasteiger partial charge in [0, 0.05) is 25.2 Å². The average Bonchev–Trinajstić information content (AvgIpc) is 3.18. The van der Waals surface area contributed by atoms with Crippen molar-refractivity contribution < 1.29 is 4.42 Å². The standard InChI is InChI=1S/C21H22N4O/c1-15-6-8-18-19(12-15)24-21(23-18)16(14-22)13-17-7-9-20(26-17)25-10-4-2-3-5-11-25/h6-9,12-13H,2-5,10-11H2,1H3,(H,23,24)/b16-13-. The van der Waals surface area contributed by atoms with Gasteiger partial charge in [-0.15, -0.1) is 0 Å². The summed E-state index contributed by atoms with van der Waals surface area (Å²) in [5.74, 6) is 2.13. The molecule has 1 fully saturated rings. The lowest BCUT2D eigenvalue weighted by Gasteiger charge is -2.18. The number of nitrogens with zero attached hydrogens (tertiary/aromatic N) is 3. The Kier molecular flexibility index (Phi) is 4.49. The third-order valence-corrected chi connectivity index (χ3v) is 4.83. The lowest BCUT2D eigenvalue weighted by atomic mass is 10.2. The van der Waals surface area contributed by atoms with Gasteiger partial charge < -0.3 is 14.3 Å². The number of benzene rings is 1. The molecule has 0 amide bonds. The largest absolute Gasteiger partial charge is 0.441 e. The Labute approximate surface area is 152 Å². The van der Waals surface area contributed by atoms with Crippen molar-refractivity contribution in [2.24, 2.45) is 0 Å². The van der Waals surface area contributed by atoms with Gasteiger partial charge in [0.25, 0.3) is 0 Å². The number of nitrogens with one attached hydrogen (secondary N) is 1. The molecule has 1 aliphatic rings. The smallest absolute Gasteiger partial charge is 0.196 e. The van der Waals surface area contributed by atoms with E-state index in [0.717, 1.165) is 35.6 Å². The maximum atomic E-state index is 9.58. The Bertz CT molecular complexity index is 981. The van der Waals surface area contributed by atoms with E-state index in [-0.39, 0.29) is 0 Å². The summed E-state index contributed by atoms with van der Waals surface area (Å²) in [4.78, 5) is 10.1. The Hall–Kier alpha value is -3.00. The summed E-state index contributed by atoms with van der Waals surface area (Å²) in [5, 5.41) is 9.58. The summed E-state index contributed by atoms with van der Waals surface area (Å²) in [6, 6.07) is 12.2. The van der Waals surface area contributed by atoms with Crippen LogP contribution in [-0.2, 0) is 0 Å². The highest BCUT2D eigenvalue weighted by Crippen LogP contribution is 2.25. The number of imidazole rings is 1. The van der Waals surface area contributed by atoms with Gasteiger partial charge >= 0.3 is 0 Å². The Morgan fingerprint density at radius 2 is 2.00 bits per heavy atom. The fourth-order valence-corrected chi connectivity index (χ4v) is 3.43. The van der Waals surface area contributed by atoms with Crippen molar-refractivity contribution in [2.45, 2.75) is 32.6 Å². The highest BCUT2D eigenvalue weighted by atomic mass is 16.4. The third kappa shape index (κ3) is 3.36. The van der Waals surface area contributed by atoms with Gasteiger partial charge in [-0.25, -0.2) is 4.98 Å². The van der Waals surface area contributed by atoms with Crippen LogP contribution >= 0.6 is 0 Å². The van der Waals surface area contributed by atoms with Crippen LogP contribution in [0, 0.1) is 18.3 Å². The van der Waals surface area contributed by atoms with Gasteiger partial charge in [0.1, 0.15) is 17.7 Å². The molecular weight excluding hydrogens is 324 g/mol. The molecule has 0 aliphatic carbocycles. The molecule has 0 radical (unpaired) electrons. The van der Waals surface area contributed by atoms with E-state index < -0.39 is 0 Å². The molecule has 3 aromatic rings. The molecule has 4 rings (SSSR count). The molecule has 26 heavy (non-hydrogen) atoms. The first-order valence-electron chi connectivity index (χ1n) is 9.16. The van der Waals surface area contributed by atoms with Crippen LogP contribution < -0.4 is 4.90 Å². The van der Waals surface area contributed by atoms with Gasteiger partial charge in [0.05, 0.1) is 16.6 Å². The number of nitriles is 1. The van der Waals surface area contributed by atoms with E-state index in [2.05, 4.69) is 20.9 Å². The number of furan rings is 1. The summed E-state index contributed by atoms with van der Waals surface area (Å²) < 4.78 is 5.98. The minimum absolute atomic E-state index is 0.468. The summed E-state index contributed by atoms with van der Waals surface area (Å²) in [5.41, 5.74) is 3.42. The number of hydrogen-bond acceptors (Lipinski definition) is 4. The van der Waals surface area contributed by atoms with Crippen LogP contribution in [0.2, 0.25) is 0 Å². The maximum absolute atomic E-state index is 9.58. The molecule has 3 heterocycles. The Balaban J connectivity index is 1.61. The monoisotopic (exact) mass is 346 g/mol. The first-order valence-corrected chi connectivity index (χ1v) is 9.16. The average molecular weight is 346 g/mol. The van der Waals surface area contributed by atoms with E-state index in [0.29, 0.717) is 17.2 Å². The van der Waals surface area contributed by atoms with E-state index in [1.807, 2.05) is 37.3 Å². The summed E-state index contributed by atoms with van der Waals surface area (Å²) in [7, 11) is 0. The number of allylic oxidation sites excluding steroid dienone is 1. The fourth-order valence-electron chi connectivity index (χ4n) is 3.43. The molecule has 1 aromatic carbocycles. The number of aromatic nitrogens is 2. The molecule has 1 N–H and O–H groups in total. The SMILES string of the molecule is Cc1ccc2nc(/C(C#N)=C\c3ccc(N4CCCCCC4)o3)[nH]c2c1. The van der Waals surface area contributed by atoms with E-state index in [1.165, 1.54) is 25.7 Å². The summed E-state index contributed by atoms with van der Waals surface area (Å²) in [6.07, 6.45) is 6.73. The van der Waals surface area contributed by atoms with Crippen LogP contribution in [0.1, 0.15) is 42.8 Å². The minimum Gasteiger partial charge on any atom is -0.441 e. The van der Waals surface area contributed by atoms with Crippen LogP contribution in [0.3, 0.4) is 0 Å². The first-order chi connectivity index (χ1) is 12.7. The van der Waals surface area contributed by atoms with Crippen molar-refractivity contribution in [3.63, 3.8) is 0 Å². The molecule has 0 spiro atoms. The molecule has 0 unspecified atom stereocenters. The van der Waals surface area contributed by atoms with Crippen molar-refractivity contribution in [3.8, 4) is 6.07 Å². The number of aryl methyl sites for hydroxylation is 1. The van der Waals surface area contributed by atoms with E-state index >= 15 is 0 Å². The lowest BCUT2D eigenvalue weighted by Crippen LogP contribution is -2.23. The molecule has 0 bridgehead atoms. The van der Waals surface area contributed by atoms with E-state index in [4.69, 9.17) is 4.42 Å². The van der Waals surface area contributed by atoms with Gasteiger partial charge in [0.15, 0.2) is 5.88 Å². The normalized spacial score (nSPS) is 15.8. The fraction of sp³-hybridized carbons (Fsp3) is 0.333. The molecule has 2 aromatic heterocycles. The highest BCUT2D eigenvalue weighted by molar-refractivity contribution is 5.89. The van der Waals surface area contributed by atoms with Crippen LogP contribution in [0.15, 0.2) is 34.7 Å². The molecule has 132 valence electrons. The summed E-state index contributed by atoms with van der Waals surface area (Å²) in [6.45, 7) is 4.10. The molecular formula is C21H22N4O. The quantitative estimate of drug-likeness (QED) is 0.684. The van der Waals surface area contributed by atoms with E-state index in [1.54, 1.807) is 6.08 Å². The van der Waals surface area contributed by atoms with Crippen LogP contribution in [0.4, 0.5) is 5.88 Å². The zero-order chi connectivity index (χ0) is 17.9. The van der Waals surface area contributed by atoms with Crippen molar-refractivity contribution in [1.29, 1.82) is 5.26 Å². The van der Waals surface area contributed by atoms with Gasteiger partial charge in [-0.05, 0) is 43.5 Å². The molecule has 1 aliphatic heterocycles.